The fourth-order valence-electron chi connectivity index (χ4n) is 3.88. The van der Waals surface area contributed by atoms with Gasteiger partial charge in [0, 0.05) is 58.5 Å². The maximum Gasteiger partial charge on any atom is 0.411 e. The summed E-state index contributed by atoms with van der Waals surface area (Å²) in [5.41, 5.74) is 1.78. The highest BCUT2D eigenvalue weighted by atomic mass is 19.1. The first kappa shape index (κ1) is 22.5. The standard InChI is InChI=1S/C21H27FN8O3/c1-33-16-12-30(13-16)20-25-10-15(11-26-20)28-5-7-29(8-6-28)17-4-2-3-14(18(17)22)9-24-19(23)27-21(31)32/h2-4,10-11,16H,5-9,12-13H2,1H3,(H,31,32)(H3,23,24,27). The molecule has 33 heavy (non-hydrogen) atoms. The smallest absolute Gasteiger partial charge is 0.411 e. The highest BCUT2D eigenvalue weighted by Gasteiger charge is 2.28. The second-order valence-corrected chi connectivity index (χ2v) is 7.89. The van der Waals surface area contributed by atoms with Gasteiger partial charge in [0.2, 0.25) is 5.95 Å². The van der Waals surface area contributed by atoms with Crippen molar-refractivity contribution in [2.75, 3.05) is 61.1 Å². The third-order valence-electron chi connectivity index (χ3n) is 5.82. The zero-order valence-corrected chi connectivity index (χ0v) is 18.3. The predicted octanol–water partition coefficient (Wildman–Crippen LogP) is 1.07. The molecule has 0 spiro atoms. The number of carbonyl (C=O) groups is 1. The van der Waals surface area contributed by atoms with Gasteiger partial charge in [0.05, 0.1) is 29.9 Å². The summed E-state index contributed by atoms with van der Waals surface area (Å²) in [5.74, 6) is -0.0789. The Morgan fingerprint density at radius 2 is 1.85 bits per heavy atom. The molecular formula is C21H27FN8O3. The second-order valence-electron chi connectivity index (χ2n) is 7.89. The van der Waals surface area contributed by atoms with Gasteiger partial charge in [-0.15, -0.1) is 0 Å². The molecule has 1 aromatic carbocycles. The zero-order valence-electron chi connectivity index (χ0n) is 18.3. The molecule has 4 rings (SSSR count). The SMILES string of the molecule is COC1CN(c2ncc(N3CCN(c4cccc(CNC(=N)NC(=O)O)c4F)CC3)cn2)C1. The van der Waals surface area contributed by atoms with Gasteiger partial charge in [-0.05, 0) is 6.07 Å². The molecule has 1 aromatic heterocycles. The Kier molecular flexibility index (Phi) is 6.73. The number of hydrogen-bond donors (Lipinski definition) is 4. The van der Waals surface area contributed by atoms with Gasteiger partial charge in [-0.1, -0.05) is 12.1 Å². The first-order chi connectivity index (χ1) is 15.9. The van der Waals surface area contributed by atoms with Gasteiger partial charge in [-0.25, -0.2) is 19.2 Å². The van der Waals surface area contributed by atoms with E-state index in [9.17, 15) is 4.79 Å². The topological polar surface area (TPSA) is 130 Å². The number of carboxylic acid groups (broad SMARTS) is 1. The van der Waals surface area contributed by atoms with E-state index in [0.717, 1.165) is 18.8 Å². The van der Waals surface area contributed by atoms with Crippen LogP contribution >= 0.6 is 0 Å². The van der Waals surface area contributed by atoms with Gasteiger partial charge in [-0.2, -0.15) is 0 Å². The lowest BCUT2D eigenvalue weighted by Crippen LogP contribution is -2.52. The highest BCUT2D eigenvalue weighted by Crippen LogP contribution is 2.26. The Hall–Kier alpha value is -3.67. The minimum Gasteiger partial charge on any atom is -0.465 e. The monoisotopic (exact) mass is 458 g/mol. The van der Waals surface area contributed by atoms with E-state index in [0.29, 0.717) is 43.4 Å². The Morgan fingerprint density at radius 1 is 1.18 bits per heavy atom. The molecule has 0 atom stereocenters. The number of piperazine rings is 1. The van der Waals surface area contributed by atoms with Crippen LogP contribution in [0.2, 0.25) is 0 Å². The van der Waals surface area contributed by atoms with Crippen molar-refractivity contribution in [2.45, 2.75) is 12.6 Å². The van der Waals surface area contributed by atoms with Gasteiger partial charge >= 0.3 is 6.09 Å². The van der Waals surface area contributed by atoms with Crippen LogP contribution in [0.3, 0.4) is 0 Å². The molecular weight excluding hydrogens is 431 g/mol. The normalized spacial score (nSPS) is 16.4. The highest BCUT2D eigenvalue weighted by molar-refractivity contribution is 5.91. The summed E-state index contributed by atoms with van der Waals surface area (Å²) in [6, 6.07) is 5.10. The molecule has 2 fully saturated rings. The Labute approximate surface area is 190 Å². The predicted molar refractivity (Wildman–Crippen MR) is 122 cm³/mol. The molecule has 0 unspecified atom stereocenters. The Balaban J connectivity index is 1.32. The number of rotatable bonds is 6. The quantitative estimate of drug-likeness (QED) is 0.371. The van der Waals surface area contributed by atoms with Gasteiger partial charge in [0.25, 0.3) is 0 Å². The minimum atomic E-state index is -1.35. The molecule has 2 aliphatic rings. The van der Waals surface area contributed by atoms with Crippen molar-refractivity contribution in [3.05, 3.63) is 42.0 Å². The molecule has 2 aromatic rings. The van der Waals surface area contributed by atoms with Crippen LogP contribution in [0.25, 0.3) is 0 Å². The van der Waals surface area contributed by atoms with E-state index in [-0.39, 0.29) is 18.5 Å². The van der Waals surface area contributed by atoms with Crippen LogP contribution in [0.15, 0.2) is 30.6 Å². The van der Waals surface area contributed by atoms with Crippen LogP contribution < -0.4 is 25.3 Å². The van der Waals surface area contributed by atoms with Crippen LogP contribution in [-0.4, -0.2) is 79.6 Å². The molecule has 1 amide bonds. The van der Waals surface area contributed by atoms with E-state index in [1.807, 2.05) is 22.6 Å². The van der Waals surface area contributed by atoms with E-state index in [1.165, 1.54) is 0 Å². The first-order valence-electron chi connectivity index (χ1n) is 10.6. The van der Waals surface area contributed by atoms with Gasteiger partial charge in [-0.3, -0.25) is 10.7 Å². The maximum atomic E-state index is 15.1. The average molecular weight is 458 g/mol. The lowest BCUT2D eigenvalue weighted by Gasteiger charge is -2.39. The number of amides is 1. The minimum absolute atomic E-state index is 0.00455. The molecule has 4 N–H and O–H groups in total. The van der Waals surface area contributed by atoms with Gasteiger partial charge in [0.1, 0.15) is 0 Å². The molecule has 12 heteroatoms. The van der Waals surface area contributed by atoms with Crippen LogP contribution in [0, 0.1) is 11.2 Å². The molecule has 2 saturated heterocycles. The van der Waals surface area contributed by atoms with E-state index < -0.39 is 12.1 Å². The number of guanidine groups is 1. The fraction of sp³-hybridized carbons (Fsp3) is 0.429. The van der Waals surface area contributed by atoms with Crippen molar-refractivity contribution < 1.29 is 19.0 Å². The van der Waals surface area contributed by atoms with Crippen molar-refractivity contribution in [1.29, 1.82) is 5.41 Å². The van der Waals surface area contributed by atoms with Gasteiger partial charge < -0.3 is 29.9 Å². The summed E-state index contributed by atoms with van der Waals surface area (Å²) >= 11 is 0. The molecule has 176 valence electrons. The van der Waals surface area contributed by atoms with Crippen molar-refractivity contribution in [3.8, 4) is 0 Å². The van der Waals surface area contributed by atoms with Crippen LogP contribution in [0.5, 0.6) is 0 Å². The second kappa shape index (κ2) is 9.86. The number of nitrogens with zero attached hydrogens (tertiary/aromatic N) is 5. The average Bonchev–Trinajstić information content (AvgIpc) is 2.78. The Bertz CT molecular complexity index is 992. The summed E-state index contributed by atoms with van der Waals surface area (Å²) < 4.78 is 20.3. The first-order valence-corrected chi connectivity index (χ1v) is 10.6. The van der Waals surface area contributed by atoms with E-state index >= 15 is 4.39 Å². The molecule has 0 saturated carbocycles. The maximum absolute atomic E-state index is 15.1. The molecule has 2 aliphatic heterocycles. The number of ether oxygens (including phenoxy) is 1. The van der Waals surface area contributed by atoms with Crippen LogP contribution in [0.1, 0.15) is 5.56 Å². The van der Waals surface area contributed by atoms with Crippen molar-refractivity contribution in [2.24, 2.45) is 0 Å². The molecule has 0 bridgehead atoms. The summed E-state index contributed by atoms with van der Waals surface area (Å²) in [4.78, 5) is 25.8. The van der Waals surface area contributed by atoms with Gasteiger partial charge in [0.15, 0.2) is 11.8 Å². The largest absolute Gasteiger partial charge is 0.465 e. The number of nitrogens with one attached hydrogen (secondary N) is 3. The lowest BCUT2D eigenvalue weighted by atomic mass is 10.1. The lowest BCUT2D eigenvalue weighted by molar-refractivity contribution is 0.0778. The summed E-state index contributed by atoms with van der Waals surface area (Å²) in [7, 11) is 1.70. The Morgan fingerprint density at radius 3 is 2.48 bits per heavy atom. The van der Waals surface area contributed by atoms with Crippen LogP contribution in [0.4, 0.5) is 26.5 Å². The number of methoxy groups -OCH3 is 1. The number of halogens is 1. The third-order valence-corrected chi connectivity index (χ3v) is 5.82. The molecule has 0 radical (unpaired) electrons. The number of benzene rings is 1. The number of anilines is 3. The van der Waals surface area contributed by atoms with E-state index in [1.54, 1.807) is 25.3 Å². The summed E-state index contributed by atoms with van der Waals surface area (Å²) in [6.45, 7) is 4.27. The molecule has 0 aliphatic carbocycles. The summed E-state index contributed by atoms with van der Waals surface area (Å²) in [5, 5.41) is 20.6. The molecule has 11 nitrogen and oxygen atoms in total. The number of aromatic nitrogens is 2. The van der Waals surface area contributed by atoms with Crippen LogP contribution in [-0.2, 0) is 11.3 Å². The van der Waals surface area contributed by atoms with E-state index in [2.05, 4.69) is 25.1 Å². The number of hydrogen-bond acceptors (Lipinski definition) is 8. The third kappa shape index (κ3) is 5.22. The van der Waals surface area contributed by atoms with Crippen molar-refractivity contribution >= 4 is 29.4 Å². The fourth-order valence-corrected chi connectivity index (χ4v) is 3.88. The molecule has 3 heterocycles. The zero-order chi connectivity index (χ0) is 23.4. The van der Waals surface area contributed by atoms with E-state index in [4.69, 9.17) is 15.3 Å². The summed E-state index contributed by atoms with van der Waals surface area (Å²) in [6.07, 6.45) is 2.54. The van der Waals surface area contributed by atoms with Crippen molar-refractivity contribution in [1.82, 2.24) is 20.6 Å². The van der Waals surface area contributed by atoms with Crippen molar-refractivity contribution in [3.63, 3.8) is 0 Å².